The SMILES string of the molecule is CCCCCCC1(CCCCCC)CN(c2ccccc2)c2cc(SC)c(OCC(=O)N[C@@H](C(=O)NCC(=O)O)c3ccccc3)cc2S(=O)(=O)C1. The van der Waals surface area contributed by atoms with E-state index < -0.39 is 52.2 Å². The smallest absolute Gasteiger partial charge is 0.322 e. The highest BCUT2D eigenvalue weighted by Gasteiger charge is 2.42. The molecule has 3 aromatic carbocycles. The molecule has 282 valence electrons. The van der Waals surface area contributed by atoms with Gasteiger partial charge in [0.05, 0.1) is 21.2 Å². The number of hydrogen-bond acceptors (Lipinski definition) is 8. The molecule has 52 heavy (non-hydrogen) atoms. The van der Waals surface area contributed by atoms with Gasteiger partial charge in [0.15, 0.2) is 16.4 Å². The third-order valence-corrected chi connectivity index (χ3v) is 12.3. The van der Waals surface area contributed by atoms with Crippen LogP contribution in [0.25, 0.3) is 0 Å². The second-order valence-corrected chi connectivity index (χ2v) is 16.4. The molecule has 4 rings (SSSR count). The Morgan fingerprint density at radius 1 is 0.904 bits per heavy atom. The van der Waals surface area contributed by atoms with Crippen molar-refractivity contribution in [2.24, 2.45) is 5.41 Å². The average molecular weight is 752 g/mol. The first-order valence-electron chi connectivity index (χ1n) is 18.3. The Balaban J connectivity index is 1.68. The molecule has 1 atom stereocenters. The molecule has 0 fully saturated rings. The second-order valence-electron chi connectivity index (χ2n) is 13.6. The maximum absolute atomic E-state index is 14.6. The predicted octanol–water partition coefficient (Wildman–Crippen LogP) is 7.70. The molecule has 0 saturated heterocycles. The van der Waals surface area contributed by atoms with Crippen molar-refractivity contribution in [3.8, 4) is 5.75 Å². The molecular formula is C40H53N3O7S2. The summed E-state index contributed by atoms with van der Waals surface area (Å²) < 4.78 is 35.2. The molecule has 2 amide bonds. The molecule has 0 unspecified atom stereocenters. The summed E-state index contributed by atoms with van der Waals surface area (Å²) in [5, 5.41) is 14.0. The van der Waals surface area contributed by atoms with Crippen LogP contribution in [0, 0.1) is 5.41 Å². The van der Waals surface area contributed by atoms with E-state index in [1.54, 1.807) is 36.4 Å². The van der Waals surface area contributed by atoms with E-state index in [2.05, 4.69) is 29.4 Å². The van der Waals surface area contributed by atoms with Crippen LogP contribution in [0.2, 0.25) is 0 Å². The average Bonchev–Trinajstić information content (AvgIpc) is 3.23. The number of rotatable bonds is 20. The van der Waals surface area contributed by atoms with E-state index in [0.29, 0.717) is 22.7 Å². The van der Waals surface area contributed by atoms with Gasteiger partial charge in [0.2, 0.25) is 5.91 Å². The number of unbranched alkanes of at least 4 members (excludes halogenated alkanes) is 6. The van der Waals surface area contributed by atoms with Gasteiger partial charge in [-0.1, -0.05) is 114 Å². The van der Waals surface area contributed by atoms with E-state index in [0.717, 1.165) is 69.9 Å². The summed E-state index contributed by atoms with van der Waals surface area (Å²) in [6.45, 7) is 3.83. The zero-order chi connectivity index (χ0) is 37.6. The number of carbonyl (C=O) groups is 3. The normalized spacial score (nSPS) is 15.2. The van der Waals surface area contributed by atoms with Crippen LogP contribution >= 0.6 is 11.8 Å². The molecule has 10 nitrogen and oxygen atoms in total. The number of hydrogen-bond donors (Lipinski definition) is 3. The summed E-state index contributed by atoms with van der Waals surface area (Å²) in [4.78, 5) is 40.3. The summed E-state index contributed by atoms with van der Waals surface area (Å²) in [6, 6.07) is 20.7. The van der Waals surface area contributed by atoms with Gasteiger partial charge in [-0.15, -0.1) is 11.8 Å². The van der Waals surface area contributed by atoms with Crippen molar-refractivity contribution in [3.05, 3.63) is 78.4 Å². The first kappa shape index (κ1) is 40.7. The van der Waals surface area contributed by atoms with Gasteiger partial charge in [-0.2, -0.15) is 0 Å². The maximum atomic E-state index is 14.6. The molecule has 0 aliphatic carbocycles. The molecule has 3 aromatic rings. The van der Waals surface area contributed by atoms with Crippen molar-refractivity contribution in [2.45, 2.75) is 93.9 Å². The number of aliphatic carboxylic acids is 1. The van der Waals surface area contributed by atoms with Crippen LogP contribution in [0.1, 0.15) is 89.7 Å². The molecule has 1 aliphatic heterocycles. The minimum atomic E-state index is -3.81. The Morgan fingerprint density at radius 3 is 2.10 bits per heavy atom. The lowest BCUT2D eigenvalue weighted by atomic mass is 9.78. The first-order valence-corrected chi connectivity index (χ1v) is 21.1. The summed E-state index contributed by atoms with van der Waals surface area (Å²) in [7, 11) is -3.81. The summed E-state index contributed by atoms with van der Waals surface area (Å²) in [5.74, 6) is -2.25. The Morgan fingerprint density at radius 2 is 1.52 bits per heavy atom. The summed E-state index contributed by atoms with van der Waals surface area (Å²) >= 11 is 1.39. The van der Waals surface area contributed by atoms with Gasteiger partial charge in [-0.05, 0) is 42.9 Å². The molecule has 12 heteroatoms. The van der Waals surface area contributed by atoms with Gasteiger partial charge in [-0.3, -0.25) is 14.4 Å². The fourth-order valence-corrected chi connectivity index (χ4v) is 9.55. The quantitative estimate of drug-likeness (QED) is 0.0782. The first-order chi connectivity index (χ1) is 25.0. The van der Waals surface area contributed by atoms with Crippen molar-refractivity contribution in [3.63, 3.8) is 0 Å². The fraction of sp³-hybridized carbons (Fsp3) is 0.475. The summed E-state index contributed by atoms with van der Waals surface area (Å²) in [6.07, 6.45) is 12.0. The number of anilines is 2. The van der Waals surface area contributed by atoms with Gasteiger partial charge in [0.25, 0.3) is 5.91 Å². The monoisotopic (exact) mass is 751 g/mol. The van der Waals surface area contributed by atoms with E-state index in [4.69, 9.17) is 9.84 Å². The van der Waals surface area contributed by atoms with Gasteiger partial charge in [0, 0.05) is 23.7 Å². The number of carbonyl (C=O) groups excluding carboxylic acids is 2. The van der Waals surface area contributed by atoms with E-state index in [-0.39, 0.29) is 16.4 Å². The third kappa shape index (κ3) is 11.2. The molecule has 1 heterocycles. The van der Waals surface area contributed by atoms with Crippen LogP contribution in [-0.4, -0.2) is 63.0 Å². The Labute approximate surface area is 313 Å². The Bertz CT molecular complexity index is 1720. The number of nitrogens with zero attached hydrogens (tertiary/aromatic N) is 1. The van der Waals surface area contributed by atoms with Gasteiger partial charge in [0.1, 0.15) is 18.3 Å². The van der Waals surface area contributed by atoms with Crippen molar-refractivity contribution in [1.82, 2.24) is 10.6 Å². The van der Waals surface area contributed by atoms with Crippen LogP contribution in [0.3, 0.4) is 0 Å². The molecule has 0 radical (unpaired) electrons. The number of nitrogens with one attached hydrogen (secondary N) is 2. The van der Waals surface area contributed by atoms with Crippen LogP contribution in [0.5, 0.6) is 5.75 Å². The number of benzene rings is 3. The van der Waals surface area contributed by atoms with E-state index in [1.165, 1.54) is 11.8 Å². The number of fused-ring (bicyclic) bond motifs is 1. The van der Waals surface area contributed by atoms with Crippen molar-refractivity contribution < 1.29 is 32.6 Å². The molecule has 0 spiro atoms. The highest BCUT2D eigenvalue weighted by atomic mass is 32.2. The second kappa shape index (κ2) is 19.7. The standard InChI is InChI=1S/C40H53N3O7S2/c1-4-6-8-16-22-40(23-17-9-7-5-2)28-43(31-20-14-11-15-21-31)32-24-34(51-3)33(25-35(32)52(48,49)29-40)50-27-36(44)42-38(30-18-12-10-13-19-30)39(47)41-26-37(45)46/h10-15,18-21,24-25,38H,4-9,16-17,22-23,26-29H2,1-3H3,(H,41,47)(H,42,44)(H,45,46)/t38-/m1/s1. The van der Waals surface area contributed by atoms with Gasteiger partial charge >= 0.3 is 5.97 Å². The number of thioether (sulfide) groups is 1. The molecular weight excluding hydrogens is 699 g/mol. The number of carboxylic acid groups (broad SMARTS) is 1. The Hall–Kier alpha value is -4.03. The predicted molar refractivity (Wildman–Crippen MR) is 207 cm³/mol. The fourth-order valence-electron chi connectivity index (χ4n) is 6.89. The molecule has 1 aliphatic rings. The Kier molecular flexibility index (Phi) is 15.4. The highest BCUT2D eigenvalue weighted by Crippen LogP contribution is 2.48. The van der Waals surface area contributed by atoms with Crippen LogP contribution < -0.4 is 20.3 Å². The number of carboxylic acids is 1. The van der Waals surface area contributed by atoms with Crippen LogP contribution in [0.4, 0.5) is 11.4 Å². The number of amides is 2. The lowest BCUT2D eigenvalue weighted by Gasteiger charge is -2.37. The molecule has 3 N–H and O–H groups in total. The van der Waals surface area contributed by atoms with Gasteiger partial charge < -0.3 is 25.4 Å². The maximum Gasteiger partial charge on any atom is 0.322 e. The van der Waals surface area contributed by atoms with Crippen molar-refractivity contribution in [2.75, 3.05) is 36.6 Å². The molecule has 0 saturated carbocycles. The summed E-state index contributed by atoms with van der Waals surface area (Å²) in [5.41, 5.74) is 1.52. The zero-order valence-corrected chi connectivity index (χ0v) is 32.2. The highest BCUT2D eigenvalue weighted by molar-refractivity contribution is 7.98. The third-order valence-electron chi connectivity index (χ3n) is 9.52. The van der Waals surface area contributed by atoms with Crippen LogP contribution in [-0.2, 0) is 24.2 Å². The minimum absolute atomic E-state index is 0.0251. The number of sulfone groups is 1. The lowest BCUT2D eigenvalue weighted by molar-refractivity contribution is -0.138. The number of para-hydroxylation sites is 1. The largest absolute Gasteiger partial charge is 0.483 e. The minimum Gasteiger partial charge on any atom is -0.483 e. The van der Waals surface area contributed by atoms with E-state index >= 15 is 0 Å². The molecule has 0 bridgehead atoms. The molecule has 0 aromatic heterocycles. The topological polar surface area (TPSA) is 142 Å². The van der Waals surface area contributed by atoms with Crippen LogP contribution in [0.15, 0.2) is 82.6 Å². The van der Waals surface area contributed by atoms with Gasteiger partial charge in [-0.25, -0.2) is 8.42 Å². The van der Waals surface area contributed by atoms with E-state index in [1.807, 2.05) is 42.7 Å². The van der Waals surface area contributed by atoms with E-state index in [9.17, 15) is 22.8 Å². The lowest BCUT2D eigenvalue weighted by Crippen LogP contribution is -2.43. The van der Waals surface area contributed by atoms with Crippen molar-refractivity contribution in [1.29, 1.82) is 0 Å². The van der Waals surface area contributed by atoms with Crippen molar-refractivity contribution >= 4 is 50.8 Å². The number of ether oxygens (including phenoxy) is 1. The zero-order valence-electron chi connectivity index (χ0n) is 30.6.